The predicted molar refractivity (Wildman–Crippen MR) is 72.1 cm³/mol. The summed E-state index contributed by atoms with van der Waals surface area (Å²) in [6.45, 7) is 13.3. The van der Waals surface area contributed by atoms with Crippen LogP contribution in [0, 0.1) is 0 Å². The van der Waals surface area contributed by atoms with Crippen LogP contribution >= 0.6 is 0 Å². The summed E-state index contributed by atoms with van der Waals surface area (Å²) in [7, 11) is 0. The minimum atomic E-state index is -1.46. The highest BCUT2D eigenvalue weighted by atomic mass is 17.4. The molecule has 0 radical (unpaired) electrons. The van der Waals surface area contributed by atoms with Crippen LogP contribution in [-0.2, 0) is 29.3 Å². The molecule has 1 heterocycles. The Kier molecular flexibility index (Phi) is 5.95. The second-order valence-corrected chi connectivity index (χ2v) is 6.97. The first kappa shape index (κ1) is 17.8. The summed E-state index contributed by atoms with van der Waals surface area (Å²) in [5.74, 6) is -1.46. The Morgan fingerprint density at radius 2 is 1.45 bits per heavy atom. The van der Waals surface area contributed by atoms with Crippen LogP contribution in [0.4, 0.5) is 0 Å². The maximum atomic E-state index is 5.34. The monoisotopic (exact) mass is 292 g/mol. The molecule has 0 bridgehead atoms. The predicted octanol–water partition coefficient (Wildman–Crippen LogP) is 3.65. The van der Waals surface area contributed by atoms with Gasteiger partial charge >= 0.3 is 5.97 Å². The van der Waals surface area contributed by atoms with Crippen molar-refractivity contribution in [3.8, 4) is 0 Å². The zero-order chi connectivity index (χ0) is 15.4. The molecule has 0 aliphatic carbocycles. The van der Waals surface area contributed by atoms with Gasteiger partial charge in [-0.1, -0.05) is 19.8 Å². The molecule has 1 atom stereocenters. The van der Waals surface area contributed by atoms with Crippen molar-refractivity contribution in [3.05, 3.63) is 0 Å². The van der Waals surface area contributed by atoms with Gasteiger partial charge in [0.2, 0.25) is 0 Å². The average Bonchev–Trinajstić information content (AvgIpc) is 2.25. The molecular weight excluding hydrogens is 264 g/mol. The van der Waals surface area contributed by atoms with Gasteiger partial charge in [-0.25, -0.2) is 14.7 Å². The lowest BCUT2D eigenvalue weighted by molar-refractivity contribution is -0.732. The molecule has 1 aliphatic rings. The lowest BCUT2D eigenvalue weighted by Gasteiger charge is -2.44. The van der Waals surface area contributed by atoms with Gasteiger partial charge < -0.3 is 0 Å². The largest absolute Gasteiger partial charge is 0.394 e. The molecule has 1 aliphatic heterocycles. The van der Waals surface area contributed by atoms with E-state index in [9.17, 15) is 0 Å². The molecule has 1 rings (SSSR count). The van der Waals surface area contributed by atoms with Gasteiger partial charge in [-0.2, -0.15) is 14.7 Å². The molecule has 1 unspecified atom stereocenters. The third kappa shape index (κ3) is 5.63. The average molecular weight is 292 g/mol. The smallest absolute Gasteiger partial charge is 0.225 e. The van der Waals surface area contributed by atoms with E-state index in [1.54, 1.807) is 0 Å². The Morgan fingerprint density at radius 1 is 0.950 bits per heavy atom. The van der Waals surface area contributed by atoms with E-state index < -0.39 is 17.2 Å². The van der Waals surface area contributed by atoms with E-state index in [-0.39, 0.29) is 6.10 Å². The van der Waals surface area contributed by atoms with Gasteiger partial charge in [0.05, 0.1) is 11.2 Å². The summed E-state index contributed by atoms with van der Waals surface area (Å²) in [5.41, 5.74) is -0.987. The maximum absolute atomic E-state index is 5.34. The van der Waals surface area contributed by atoms with Crippen LogP contribution in [0.2, 0.25) is 0 Å². The quantitative estimate of drug-likeness (QED) is 0.405. The molecule has 6 heteroatoms. The van der Waals surface area contributed by atoms with Gasteiger partial charge in [0.1, 0.15) is 0 Å². The fourth-order valence-electron chi connectivity index (χ4n) is 1.32. The van der Waals surface area contributed by atoms with Crippen molar-refractivity contribution in [3.63, 3.8) is 0 Å². The zero-order valence-electron chi connectivity index (χ0n) is 13.6. The van der Waals surface area contributed by atoms with E-state index in [0.29, 0.717) is 0 Å². The van der Waals surface area contributed by atoms with Crippen LogP contribution in [0.5, 0.6) is 0 Å². The summed E-state index contributed by atoms with van der Waals surface area (Å²) in [5, 5.41) is 0. The molecule has 1 fully saturated rings. The summed E-state index contributed by atoms with van der Waals surface area (Å²) < 4.78 is 0. The highest BCUT2D eigenvalue weighted by Crippen LogP contribution is 2.38. The van der Waals surface area contributed by atoms with Crippen molar-refractivity contribution in [1.29, 1.82) is 0 Å². The van der Waals surface area contributed by atoms with Crippen molar-refractivity contribution in [1.82, 2.24) is 0 Å². The second-order valence-electron chi connectivity index (χ2n) is 6.97. The summed E-state index contributed by atoms with van der Waals surface area (Å²) in [4.78, 5) is 31.4. The molecule has 20 heavy (non-hydrogen) atoms. The van der Waals surface area contributed by atoms with Gasteiger partial charge in [-0.05, 0) is 48.0 Å². The lowest BCUT2D eigenvalue weighted by atomic mass is 10.1. The molecule has 0 aromatic carbocycles. The first-order chi connectivity index (χ1) is 9.08. The fraction of sp³-hybridized carbons (Fsp3) is 1.00. The Bertz CT molecular complexity index is 273. The van der Waals surface area contributed by atoms with E-state index in [1.165, 1.54) is 0 Å². The number of hydrogen-bond donors (Lipinski definition) is 0. The van der Waals surface area contributed by atoms with Crippen LogP contribution < -0.4 is 0 Å². The van der Waals surface area contributed by atoms with Crippen molar-refractivity contribution < 1.29 is 29.3 Å². The Hall–Kier alpha value is -0.240. The van der Waals surface area contributed by atoms with Gasteiger partial charge in [0, 0.05) is 0 Å². The van der Waals surface area contributed by atoms with Gasteiger partial charge in [0.25, 0.3) is 0 Å². The molecule has 0 aromatic rings. The van der Waals surface area contributed by atoms with Gasteiger partial charge in [-0.15, -0.1) is 0 Å². The first-order valence-corrected chi connectivity index (χ1v) is 7.16. The Balaban J connectivity index is 2.63. The molecular formula is C14H28O6. The standard InChI is InChI=1S/C14H28O6/c1-8-9-10-11-14(18-15-11,19-16-12(2,3)4)20-17-13(5,6)7/h11H,8-10H2,1-7H3. The van der Waals surface area contributed by atoms with E-state index >= 15 is 0 Å². The van der Waals surface area contributed by atoms with Crippen LogP contribution in [0.15, 0.2) is 0 Å². The third-order valence-corrected chi connectivity index (χ3v) is 2.31. The van der Waals surface area contributed by atoms with Crippen molar-refractivity contribution >= 4 is 0 Å². The highest BCUT2D eigenvalue weighted by molar-refractivity contribution is 4.74. The van der Waals surface area contributed by atoms with Crippen LogP contribution in [-0.4, -0.2) is 23.3 Å². The summed E-state index contributed by atoms with van der Waals surface area (Å²) >= 11 is 0. The summed E-state index contributed by atoms with van der Waals surface area (Å²) in [6.07, 6.45) is 2.36. The molecule has 0 N–H and O–H groups in total. The molecule has 0 amide bonds. The molecule has 0 saturated carbocycles. The molecule has 1 saturated heterocycles. The van der Waals surface area contributed by atoms with Crippen molar-refractivity contribution in [2.24, 2.45) is 0 Å². The Morgan fingerprint density at radius 3 is 1.75 bits per heavy atom. The molecule has 120 valence electrons. The first-order valence-electron chi connectivity index (χ1n) is 7.16. The maximum Gasteiger partial charge on any atom is 0.394 e. The van der Waals surface area contributed by atoms with E-state index in [0.717, 1.165) is 19.3 Å². The highest BCUT2D eigenvalue weighted by Gasteiger charge is 2.58. The van der Waals surface area contributed by atoms with E-state index in [2.05, 4.69) is 6.92 Å². The SMILES string of the molecule is CCCCC1OOC1(OOC(C)(C)C)OOC(C)(C)C. The van der Waals surface area contributed by atoms with Crippen LogP contribution in [0.25, 0.3) is 0 Å². The minimum Gasteiger partial charge on any atom is -0.225 e. The number of unbranched alkanes of at least 4 members (excludes halogenated alkanes) is 1. The molecule has 6 nitrogen and oxygen atoms in total. The number of hydrogen-bond acceptors (Lipinski definition) is 6. The van der Waals surface area contributed by atoms with Gasteiger partial charge in [0.15, 0.2) is 6.10 Å². The fourth-order valence-corrected chi connectivity index (χ4v) is 1.32. The zero-order valence-corrected chi connectivity index (χ0v) is 13.6. The topological polar surface area (TPSA) is 55.4 Å². The minimum absolute atomic E-state index is 0.382. The van der Waals surface area contributed by atoms with Crippen LogP contribution in [0.1, 0.15) is 67.7 Å². The van der Waals surface area contributed by atoms with Crippen molar-refractivity contribution in [2.45, 2.75) is 91.0 Å². The lowest BCUT2D eigenvalue weighted by Crippen LogP contribution is -2.61. The normalized spacial score (nSPS) is 22.6. The third-order valence-electron chi connectivity index (χ3n) is 2.31. The summed E-state index contributed by atoms with van der Waals surface area (Å²) in [6, 6.07) is 0. The van der Waals surface area contributed by atoms with Crippen molar-refractivity contribution in [2.75, 3.05) is 0 Å². The Labute approximate surface area is 121 Å². The molecule has 0 spiro atoms. The van der Waals surface area contributed by atoms with E-state index in [4.69, 9.17) is 29.3 Å². The second kappa shape index (κ2) is 6.68. The van der Waals surface area contributed by atoms with Crippen LogP contribution in [0.3, 0.4) is 0 Å². The molecule has 0 aromatic heterocycles. The number of rotatable bonds is 7. The van der Waals surface area contributed by atoms with Gasteiger partial charge in [-0.3, -0.25) is 0 Å². The van der Waals surface area contributed by atoms with E-state index in [1.807, 2.05) is 41.5 Å².